The summed E-state index contributed by atoms with van der Waals surface area (Å²) in [6.45, 7) is 6.24. The summed E-state index contributed by atoms with van der Waals surface area (Å²) in [5.41, 5.74) is 2.84. The number of carbonyl (C=O) groups is 2. The monoisotopic (exact) mass is 334 g/mol. The lowest BCUT2D eigenvalue weighted by Gasteiger charge is -2.35. The highest BCUT2D eigenvalue weighted by molar-refractivity contribution is 5.85. The zero-order valence-electron chi connectivity index (χ0n) is 14.6. The Labute approximate surface area is 143 Å². The summed E-state index contributed by atoms with van der Waals surface area (Å²) in [6.07, 6.45) is 1.93. The van der Waals surface area contributed by atoms with Gasteiger partial charge in [-0.3, -0.25) is 14.5 Å². The molecule has 2 amide bonds. The van der Waals surface area contributed by atoms with Gasteiger partial charge in [0.05, 0.1) is 6.61 Å². The van der Waals surface area contributed by atoms with Gasteiger partial charge >= 0.3 is 6.09 Å². The zero-order chi connectivity index (χ0) is 17.6. The Morgan fingerprint density at radius 2 is 1.92 bits per heavy atom. The van der Waals surface area contributed by atoms with Crippen LogP contribution in [0.15, 0.2) is 30.3 Å². The Hall–Kier alpha value is -2.08. The van der Waals surface area contributed by atoms with Crippen molar-refractivity contribution >= 4 is 12.0 Å². The first-order valence-electron chi connectivity index (χ1n) is 8.32. The topological polar surface area (TPSA) is 67.9 Å². The van der Waals surface area contributed by atoms with E-state index in [1.807, 2.05) is 51.1 Å². The summed E-state index contributed by atoms with van der Waals surface area (Å²) in [6, 6.07) is 9.02. The second kappa shape index (κ2) is 8.15. The number of amides is 2. The maximum atomic E-state index is 12.4. The fourth-order valence-electron chi connectivity index (χ4n) is 2.58. The number of nitrogens with zero attached hydrogens (tertiary/aromatic N) is 1. The summed E-state index contributed by atoms with van der Waals surface area (Å²) in [7, 11) is 0. The molecular formula is C18H26N2O4. The van der Waals surface area contributed by atoms with E-state index in [1.54, 1.807) is 0 Å². The second-order valence-corrected chi connectivity index (χ2v) is 6.93. The number of likely N-dealkylation sites (tertiary alicyclic amines) is 1. The van der Waals surface area contributed by atoms with Gasteiger partial charge in [0, 0.05) is 6.54 Å². The molecule has 1 aromatic rings. The molecule has 1 atom stereocenters. The highest BCUT2D eigenvalue weighted by Crippen LogP contribution is 2.20. The summed E-state index contributed by atoms with van der Waals surface area (Å²) in [5.74, 6) is -0.309. The highest BCUT2D eigenvalue weighted by Gasteiger charge is 2.34. The molecule has 1 aromatic carbocycles. The van der Waals surface area contributed by atoms with Crippen molar-refractivity contribution in [3.63, 3.8) is 0 Å². The van der Waals surface area contributed by atoms with E-state index in [-0.39, 0.29) is 12.5 Å². The molecular weight excluding hydrogens is 308 g/mol. The Morgan fingerprint density at radius 3 is 2.58 bits per heavy atom. The second-order valence-electron chi connectivity index (χ2n) is 6.93. The average Bonchev–Trinajstić information content (AvgIpc) is 2.54. The number of carbonyl (C=O) groups excluding carboxylic acids is 2. The van der Waals surface area contributed by atoms with Gasteiger partial charge in [0.15, 0.2) is 0 Å². The van der Waals surface area contributed by atoms with Crippen LogP contribution in [0.4, 0.5) is 4.79 Å². The average molecular weight is 334 g/mol. The predicted octanol–water partition coefficient (Wildman–Crippen LogP) is 3.02. The Balaban J connectivity index is 1.89. The van der Waals surface area contributed by atoms with Crippen molar-refractivity contribution in [2.75, 3.05) is 6.54 Å². The van der Waals surface area contributed by atoms with Crippen LogP contribution in [-0.4, -0.2) is 35.1 Å². The number of hydrogen-bond acceptors (Lipinski definition) is 4. The summed E-state index contributed by atoms with van der Waals surface area (Å²) < 4.78 is 5.40. The third-order valence-electron chi connectivity index (χ3n) is 3.69. The lowest BCUT2D eigenvalue weighted by molar-refractivity contribution is -0.141. The number of piperidine rings is 1. The van der Waals surface area contributed by atoms with Gasteiger partial charge in [-0.1, -0.05) is 30.3 Å². The molecule has 1 N–H and O–H groups in total. The minimum Gasteiger partial charge on any atom is -0.444 e. The van der Waals surface area contributed by atoms with Crippen molar-refractivity contribution in [1.29, 1.82) is 0 Å². The molecule has 1 aliphatic rings. The van der Waals surface area contributed by atoms with E-state index in [9.17, 15) is 9.59 Å². The first-order chi connectivity index (χ1) is 11.4. The van der Waals surface area contributed by atoms with Crippen LogP contribution in [0.2, 0.25) is 0 Å². The van der Waals surface area contributed by atoms with Gasteiger partial charge in [-0.05, 0) is 45.6 Å². The molecule has 6 nitrogen and oxygen atoms in total. The van der Waals surface area contributed by atoms with E-state index in [4.69, 9.17) is 9.57 Å². The molecule has 24 heavy (non-hydrogen) atoms. The van der Waals surface area contributed by atoms with Gasteiger partial charge in [0.2, 0.25) is 0 Å². The lowest BCUT2D eigenvalue weighted by atomic mass is 10.0. The molecule has 1 aliphatic heterocycles. The van der Waals surface area contributed by atoms with Crippen molar-refractivity contribution in [2.24, 2.45) is 0 Å². The fourth-order valence-corrected chi connectivity index (χ4v) is 2.58. The molecule has 2 rings (SSSR count). The van der Waals surface area contributed by atoms with E-state index in [2.05, 4.69) is 5.48 Å². The summed E-state index contributed by atoms with van der Waals surface area (Å²) in [4.78, 5) is 31.5. The van der Waals surface area contributed by atoms with Gasteiger partial charge < -0.3 is 4.74 Å². The first kappa shape index (κ1) is 18.3. The van der Waals surface area contributed by atoms with Crippen LogP contribution in [-0.2, 0) is 21.0 Å². The van der Waals surface area contributed by atoms with Crippen molar-refractivity contribution in [2.45, 2.75) is 58.3 Å². The predicted molar refractivity (Wildman–Crippen MR) is 90.0 cm³/mol. The van der Waals surface area contributed by atoms with Crippen LogP contribution in [0.1, 0.15) is 45.6 Å². The Bertz CT molecular complexity index is 554. The van der Waals surface area contributed by atoms with E-state index in [0.29, 0.717) is 13.0 Å². The van der Waals surface area contributed by atoms with Crippen LogP contribution in [0, 0.1) is 0 Å². The molecule has 0 aliphatic carbocycles. The maximum Gasteiger partial charge on any atom is 0.410 e. The van der Waals surface area contributed by atoms with E-state index in [1.165, 1.54) is 4.90 Å². The van der Waals surface area contributed by atoms with E-state index >= 15 is 0 Å². The molecule has 0 aromatic heterocycles. The largest absolute Gasteiger partial charge is 0.444 e. The molecule has 0 radical (unpaired) electrons. The minimum absolute atomic E-state index is 0.283. The van der Waals surface area contributed by atoms with Crippen LogP contribution >= 0.6 is 0 Å². The number of hydrogen-bond donors (Lipinski definition) is 1. The Kier molecular flexibility index (Phi) is 6.20. The normalized spacial score (nSPS) is 18.1. The van der Waals surface area contributed by atoms with Gasteiger partial charge in [-0.25, -0.2) is 10.3 Å². The molecule has 1 fully saturated rings. The third-order valence-corrected chi connectivity index (χ3v) is 3.69. The molecule has 1 heterocycles. The SMILES string of the molecule is CC(C)(C)OC(=O)N1CCCCC1C(=O)NOCc1ccccc1. The van der Waals surface area contributed by atoms with E-state index in [0.717, 1.165) is 18.4 Å². The van der Waals surface area contributed by atoms with Gasteiger partial charge in [0.1, 0.15) is 11.6 Å². The molecule has 6 heteroatoms. The fraction of sp³-hybridized carbons (Fsp3) is 0.556. The number of nitrogens with one attached hydrogen (secondary N) is 1. The highest BCUT2D eigenvalue weighted by atomic mass is 16.7. The first-order valence-corrected chi connectivity index (χ1v) is 8.32. The summed E-state index contributed by atoms with van der Waals surface area (Å²) in [5, 5.41) is 0. The van der Waals surface area contributed by atoms with Crippen molar-refractivity contribution in [1.82, 2.24) is 10.4 Å². The molecule has 1 unspecified atom stereocenters. The van der Waals surface area contributed by atoms with Gasteiger partial charge in [-0.2, -0.15) is 0 Å². The quantitative estimate of drug-likeness (QED) is 0.860. The van der Waals surface area contributed by atoms with Crippen molar-refractivity contribution in [3.05, 3.63) is 35.9 Å². The van der Waals surface area contributed by atoms with E-state index < -0.39 is 17.7 Å². The maximum absolute atomic E-state index is 12.4. The zero-order valence-corrected chi connectivity index (χ0v) is 14.6. The molecule has 0 saturated carbocycles. The smallest absolute Gasteiger partial charge is 0.410 e. The van der Waals surface area contributed by atoms with Gasteiger partial charge in [-0.15, -0.1) is 0 Å². The number of hydroxylamine groups is 1. The number of rotatable bonds is 4. The Morgan fingerprint density at radius 1 is 1.21 bits per heavy atom. The van der Waals surface area contributed by atoms with Crippen molar-refractivity contribution < 1.29 is 19.2 Å². The number of ether oxygens (including phenoxy) is 1. The molecule has 0 spiro atoms. The van der Waals surface area contributed by atoms with Crippen LogP contribution in [0.3, 0.4) is 0 Å². The molecule has 1 saturated heterocycles. The lowest BCUT2D eigenvalue weighted by Crippen LogP contribution is -2.53. The van der Waals surface area contributed by atoms with Crippen LogP contribution in [0.25, 0.3) is 0 Å². The number of benzene rings is 1. The van der Waals surface area contributed by atoms with Crippen LogP contribution < -0.4 is 5.48 Å². The van der Waals surface area contributed by atoms with Gasteiger partial charge in [0.25, 0.3) is 5.91 Å². The van der Waals surface area contributed by atoms with Crippen LogP contribution in [0.5, 0.6) is 0 Å². The summed E-state index contributed by atoms with van der Waals surface area (Å²) >= 11 is 0. The molecule has 132 valence electrons. The molecule has 0 bridgehead atoms. The minimum atomic E-state index is -0.584. The standard InChI is InChI=1S/C18H26N2O4/c1-18(2,3)24-17(22)20-12-8-7-11-15(20)16(21)19-23-13-14-9-5-4-6-10-14/h4-6,9-10,15H,7-8,11-13H2,1-3H3,(H,19,21). The third kappa shape index (κ3) is 5.53. The van der Waals surface area contributed by atoms with Crippen molar-refractivity contribution in [3.8, 4) is 0 Å².